The highest BCUT2D eigenvalue weighted by atomic mass is 32.2. The van der Waals surface area contributed by atoms with Gasteiger partial charge in [-0.2, -0.15) is 0 Å². The highest BCUT2D eigenvalue weighted by Gasteiger charge is 2.32. The molecular weight excluding hydrogens is 448 g/mol. The molecule has 0 N–H and O–H groups in total. The Morgan fingerprint density at radius 3 is 2.03 bits per heavy atom. The molecule has 0 unspecified atom stereocenters. The van der Waals surface area contributed by atoms with Gasteiger partial charge < -0.3 is 9.80 Å². The number of carbonyl (C=O) groups excluding carboxylic acids is 1. The summed E-state index contributed by atoms with van der Waals surface area (Å²) >= 11 is 3.39. The molecule has 5 nitrogen and oxygen atoms in total. The fourth-order valence-electron chi connectivity index (χ4n) is 4.29. The van der Waals surface area contributed by atoms with E-state index in [0.717, 1.165) is 50.6 Å². The van der Waals surface area contributed by atoms with Gasteiger partial charge in [0.15, 0.2) is 5.13 Å². The third kappa shape index (κ3) is 3.77. The molecule has 1 fully saturated rings. The highest BCUT2D eigenvalue weighted by molar-refractivity contribution is 7.99. The number of rotatable bonds is 2. The lowest BCUT2D eigenvalue weighted by Crippen LogP contribution is -2.52. The van der Waals surface area contributed by atoms with Crippen molar-refractivity contribution in [3.8, 4) is 11.3 Å². The topological polar surface area (TPSA) is 39.7 Å². The van der Waals surface area contributed by atoms with Gasteiger partial charge in [-0.1, -0.05) is 66.4 Å². The van der Waals surface area contributed by atoms with Crippen LogP contribution in [0.25, 0.3) is 11.3 Å². The molecule has 164 valence electrons. The summed E-state index contributed by atoms with van der Waals surface area (Å²) in [5.74, 6) is 0. The van der Waals surface area contributed by atoms with Crippen LogP contribution in [-0.4, -0.2) is 42.1 Å². The Kier molecular flexibility index (Phi) is 5.28. The van der Waals surface area contributed by atoms with Gasteiger partial charge in [0.05, 0.1) is 17.1 Å². The maximum atomic E-state index is 13.7. The molecule has 0 radical (unpaired) electrons. The zero-order chi connectivity index (χ0) is 22.2. The number of amides is 2. The largest absolute Gasteiger partial charge is 0.345 e. The summed E-state index contributed by atoms with van der Waals surface area (Å²) in [7, 11) is 0. The number of anilines is 3. The molecule has 0 atom stereocenters. The van der Waals surface area contributed by atoms with Gasteiger partial charge in [0.25, 0.3) is 0 Å². The van der Waals surface area contributed by atoms with E-state index in [1.54, 1.807) is 23.1 Å². The zero-order valence-electron chi connectivity index (χ0n) is 17.9. The van der Waals surface area contributed by atoms with Crippen LogP contribution in [0.15, 0.2) is 94.0 Å². The Balaban J connectivity index is 1.20. The first-order chi connectivity index (χ1) is 16.3. The van der Waals surface area contributed by atoms with Crippen LogP contribution in [0.1, 0.15) is 0 Å². The van der Waals surface area contributed by atoms with Crippen molar-refractivity contribution in [3.63, 3.8) is 0 Å². The molecule has 1 saturated heterocycles. The van der Waals surface area contributed by atoms with Crippen molar-refractivity contribution >= 4 is 45.6 Å². The number of para-hydroxylation sites is 2. The van der Waals surface area contributed by atoms with E-state index in [4.69, 9.17) is 4.98 Å². The number of nitrogens with zero attached hydrogens (tertiary/aromatic N) is 4. The third-order valence-corrected chi connectivity index (χ3v) is 8.04. The van der Waals surface area contributed by atoms with Gasteiger partial charge in [0, 0.05) is 46.9 Å². The number of aromatic nitrogens is 1. The number of benzene rings is 3. The van der Waals surface area contributed by atoms with Crippen LogP contribution in [-0.2, 0) is 0 Å². The fraction of sp³-hybridized carbons (Fsp3) is 0.154. The first-order valence-electron chi connectivity index (χ1n) is 11.0. The monoisotopic (exact) mass is 470 g/mol. The second-order valence-electron chi connectivity index (χ2n) is 8.01. The predicted octanol–water partition coefficient (Wildman–Crippen LogP) is 6.36. The minimum atomic E-state index is 0.0407. The number of fused-ring (bicyclic) bond motifs is 2. The van der Waals surface area contributed by atoms with E-state index in [1.807, 2.05) is 64.4 Å². The molecule has 2 amide bonds. The van der Waals surface area contributed by atoms with Crippen molar-refractivity contribution in [1.82, 2.24) is 9.88 Å². The van der Waals surface area contributed by atoms with Crippen LogP contribution in [0.4, 0.5) is 21.3 Å². The zero-order valence-corrected chi connectivity index (χ0v) is 19.6. The molecule has 0 bridgehead atoms. The minimum Gasteiger partial charge on any atom is -0.345 e. The summed E-state index contributed by atoms with van der Waals surface area (Å²) in [6, 6.07) is 26.6. The lowest BCUT2D eigenvalue weighted by molar-refractivity contribution is 0.203. The van der Waals surface area contributed by atoms with E-state index in [1.165, 1.54) is 0 Å². The molecule has 2 aliphatic heterocycles. The van der Waals surface area contributed by atoms with Crippen molar-refractivity contribution in [2.75, 3.05) is 36.0 Å². The lowest BCUT2D eigenvalue weighted by atomic mass is 10.2. The van der Waals surface area contributed by atoms with E-state index in [9.17, 15) is 4.79 Å². The number of carbonyl (C=O) groups is 1. The highest BCUT2D eigenvalue weighted by Crippen LogP contribution is 2.48. The second kappa shape index (κ2) is 8.57. The molecule has 2 aliphatic rings. The van der Waals surface area contributed by atoms with Gasteiger partial charge >= 0.3 is 6.03 Å². The first kappa shape index (κ1) is 20.3. The van der Waals surface area contributed by atoms with E-state index in [-0.39, 0.29) is 6.03 Å². The van der Waals surface area contributed by atoms with E-state index in [2.05, 4.69) is 34.5 Å². The molecule has 7 heteroatoms. The lowest BCUT2D eigenvalue weighted by Gasteiger charge is -2.39. The van der Waals surface area contributed by atoms with Crippen molar-refractivity contribution in [3.05, 3.63) is 84.2 Å². The van der Waals surface area contributed by atoms with Crippen LogP contribution >= 0.6 is 23.1 Å². The van der Waals surface area contributed by atoms with Crippen LogP contribution in [0, 0.1) is 0 Å². The molecule has 3 heterocycles. The fourth-order valence-corrected chi connectivity index (χ4v) is 6.24. The molecule has 1 aromatic heterocycles. The summed E-state index contributed by atoms with van der Waals surface area (Å²) in [5.41, 5.74) is 4.06. The summed E-state index contributed by atoms with van der Waals surface area (Å²) in [5, 5.41) is 3.13. The number of urea groups is 1. The van der Waals surface area contributed by atoms with Gasteiger partial charge in [0.2, 0.25) is 0 Å². The summed E-state index contributed by atoms with van der Waals surface area (Å²) in [6.07, 6.45) is 0. The van der Waals surface area contributed by atoms with Gasteiger partial charge in [-0.3, -0.25) is 4.90 Å². The predicted molar refractivity (Wildman–Crippen MR) is 136 cm³/mol. The number of hydrogen-bond donors (Lipinski definition) is 0. The molecular formula is C26H22N4OS2. The molecule has 0 saturated carbocycles. The van der Waals surface area contributed by atoms with Gasteiger partial charge in [-0.15, -0.1) is 11.3 Å². The smallest absolute Gasteiger partial charge is 0.329 e. The van der Waals surface area contributed by atoms with Crippen molar-refractivity contribution in [1.29, 1.82) is 0 Å². The Labute approximate surface area is 201 Å². The van der Waals surface area contributed by atoms with Crippen LogP contribution in [0.2, 0.25) is 0 Å². The Hall–Kier alpha value is -3.29. The maximum absolute atomic E-state index is 13.7. The number of thiazole rings is 1. The van der Waals surface area contributed by atoms with E-state index >= 15 is 0 Å². The molecule has 3 aromatic carbocycles. The van der Waals surface area contributed by atoms with E-state index < -0.39 is 0 Å². The second-order valence-corrected chi connectivity index (χ2v) is 9.93. The molecule has 33 heavy (non-hydrogen) atoms. The van der Waals surface area contributed by atoms with Gasteiger partial charge in [-0.25, -0.2) is 9.78 Å². The van der Waals surface area contributed by atoms with Crippen LogP contribution in [0.3, 0.4) is 0 Å². The average Bonchev–Trinajstić information content (AvgIpc) is 3.38. The van der Waals surface area contributed by atoms with Crippen molar-refractivity contribution < 1.29 is 4.79 Å². The Morgan fingerprint density at radius 2 is 1.36 bits per heavy atom. The minimum absolute atomic E-state index is 0.0407. The average molecular weight is 471 g/mol. The molecule has 0 spiro atoms. The van der Waals surface area contributed by atoms with Crippen molar-refractivity contribution in [2.24, 2.45) is 0 Å². The van der Waals surface area contributed by atoms with Crippen LogP contribution < -0.4 is 9.80 Å². The Bertz CT molecular complexity index is 1250. The van der Waals surface area contributed by atoms with Crippen LogP contribution in [0.5, 0.6) is 0 Å². The third-order valence-electron chi connectivity index (χ3n) is 6.01. The standard InChI is InChI=1S/C26H22N4OS2/c31-26(30-21-10-4-6-12-23(21)33-24-13-7-5-11-22(24)30)29-16-14-28(15-17-29)25-27-20(18-32-25)19-8-2-1-3-9-19/h1-13,18H,14-17H2. The number of hydrogen-bond acceptors (Lipinski definition) is 5. The molecule has 4 aromatic rings. The maximum Gasteiger partial charge on any atom is 0.329 e. The summed E-state index contributed by atoms with van der Waals surface area (Å²) in [4.78, 5) is 26.9. The van der Waals surface area contributed by atoms with Gasteiger partial charge in [-0.05, 0) is 24.3 Å². The molecule has 0 aliphatic carbocycles. The number of piperazine rings is 1. The SMILES string of the molecule is O=C(N1CCN(c2nc(-c3ccccc3)cs2)CC1)N1c2ccccc2Sc2ccccc21. The summed E-state index contributed by atoms with van der Waals surface area (Å²) < 4.78 is 0. The Morgan fingerprint density at radius 1 is 0.758 bits per heavy atom. The van der Waals surface area contributed by atoms with Crippen molar-refractivity contribution in [2.45, 2.75) is 9.79 Å². The quantitative estimate of drug-likeness (QED) is 0.342. The normalized spacial score (nSPS) is 15.2. The first-order valence-corrected chi connectivity index (χ1v) is 12.7. The molecule has 6 rings (SSSR count). The van der Waals surface area contributed by atoms with E-state index in [0.29, 0.717) is 13.1 Å². The van der Waals surface area contributed by atoms with Gasteiger partial charge in [0.1, 0.15) is 0 Å². The summed E-state index contributed by atoms with van der Waals surface area (Å²) in [6.45, 7) is 2.90.